The fourth-order valence-corrected chi connectivity index (χ4v) is 1.56. The highest BCUT2D eigenvalue weighted by Gasteiger charge is 2.07. The van der Waals surface area contributed by atoms with Gasteiger partial charge in [0.2, 0.25) is 0 Å². The van der Waals surface area contributed by atoms with Crippen LogP contribution in [-0.2, 0) is 0 Å². The molecule has 0 fully saturated rings. The third-order valence-corrected chi connectivity index (χ3v) is 2.64. The first-order valence-corrected chi connectivity index (χ1v) is 5.37. The molecule has 1 heterocycles. The number of carbonyl (C=O) groups is 1. The lowest BCUT2D eigenvalue weighted by Crippen LogP contribution is -2.12. The van der Waals surface area contributed by atoms with E-state index >= 15 is 0 Å². The summed E-state index contributed by atoms with van der Waals surface area (Å²) in [6.07, 6.45) is 4.33. The van der Waals surface area contributed by atoms with E-state index in [4.69, 9.17) is 0 Å². The highest BCUT2D eigenvalue weighted by atomic mass is 79.9. The lowest BCUT2D eigenvalue weighted by molar-refractivity contribution is 0.102. The summed E-state index contributed by atoms with van der Waals surface area (Å²) in [5, 5.41) is 2.76. The molecule has 80 valence electrons. The molecule has 2 rings (SSSR count). The third kappa shape index (κ3) is 2.43. The molecule has 0 radical (unpaired) electrons. The van der Waals surface area contributed by atoms with Crippen LogP contribution in [0.3, 0.4) is 0 Å². The standard InChI is InChI=1S/C11H8BrN3O/c12-9-3-1-2-4-10(9)15-11(16)8-5-13-7-14-6-8/h1-7H,(H,15,16). The number of hydrogen-bond donors (Lipinski definition) is 1. The van der Waals surface area contributed by atoms with Gasteiger partial charge in [0.05, 0.1) is 11.3 Å². The number of hydrogen-bond acceptors (Lipinski definition) is 3. The van der Waals surface area contributed by atoms with Crippen molar-refractivity contribution in [3.63, 3.8) is 0 Å². The van der Waals surface area contributed by atoms with Crippen molar-refractivity contribution < 1.29 is 4.79 Å². The van der Waals surface area contributed by atoms with Gasteiger partial charge in [-0.2, -0.15) is 0 Å². The normalized spacial score (nSPS) is 9.81. The van der Waals surface area contributed by atoms with Gasteiger partial charge in [-0.3, -0.25) is 4.79 Å². The van der Waals surface area contributed by atoms with E-state index in [-0.39, 0.29) is 5.91 Å². The average molecular weight is 278 g/mol. The SMILES string of the molecule is O=C(Nc1ccccc1Br)c1cncnc1. The molecule has 0 aliphatic carbocycles. The lowest BCUT2D eigenvalue weighted by Gasteiger charge is -2.06. The largest absolute Gasteiger partial charge is 0.321 e. The Balaban J connectivity index is 2.18. The zero-order valence-corrected chi connectivity index (χ0v) is 9.81. The molecule has 0 spiro atoms. The Kier molecular flexibility index (Phi) is 3.26. The summed E-state index contributed by atoms with van der Waals surface area (Å²) >= 11 is 3.35. The molecule has 1 amide bonds. The molecule has 1 aromatic heterocycles. The van der Waals surface area contributed by atoms with Gasteiger partial charge in [-0.1, -0.05) is 12.1 Å². The smallest absolute Gasteiger partial charge is 0.258 e. The van der Waals surface area contributed by atoms with Crippen molar-refractivity contribution in [1.82, 2.24) is 9.97 Å². The van der Waals surface area contributed by atoms with E-state index < -0.39 is 0 Å². The minimum absolute atomic E-state index is 0.229. The number of nitrogens with zero attached hydrogens (tertiary/aromatic N) is 2. The highest BCUT2D eigenvalue weighted by molar-refractivity contribution is 9.10. The average Bonchev–Trinajstić information content (AvgIpc) is 2.33. The van der Waals surface area contributed by atoms with E-state index in [0.717, 1.165) is 10.2 Å². The Morgan fingerprint density at radius 1 is 1.19 bits per heavy atom. The van der Waals surface area contributed by atoms with Gasteiger partial charge in [0, 0.05) is 16.9 Å². The van der Waals surface area contributed by atoms with Crippen molar-refractivity contribution in [1.29, 1.82) is 0 Å². The second kappa shape index (κ2) is 4.85. The Hall–Kier alpha value is -1.75. The number of halogens is 1. The molecule has 1 N–H and O–H groups in total. The first kappa shape index (κ1) is 10.8. The van der Waals surface area contributed by atoms with Crippen LogP contribution in [0.1, 0.15) is 10.4 Å². The molecular weight excluding hydrogens is 270 g/mol. The van der Waals surface area contributed by atoms with Crippen molar-refractivity contribution in [2.75, 3.05) is 5.32 Å². The number of aromatic nitrogens is 2. The Morgan fingerprint density at radius 2 is 1.88 bits per heavy atom. The molecule has 0 saturated heterocycles. The fourth-order valence-electron chi connectivity index (χ4n) is 1.17. The van der Waals surface area contributed by atoms with Crippen LogP contribution in [0.2, 0.25) is 0 Å². The van der Waals surface area contributed by atoms with Crippen molar-refractivity contribution in [3.05, 3.63) is 53.0 Å². The maximum atomic E-state index is 11.8. The summed E-state index contributed by atoms with van der Waals surface area (Å²) in [5.41, 5.74) is 1.15. The molecule has 0 aliphatic rings. The van der Waals surface area contributed by atoms with E-state index in [1.165, 1.54) is 18.7 Å². The quantitative estimate of drug-likeness (QED) is 0.918. The van der Waals surface area contributed by atoms with Gasteiger partial charge in [0.1, 0.15) is 6.33 Å². The summed E-state index contributed by atoms with van der Waals surface area (Å²) in [5.74, 6) is -0.229. The van der Waals surface area contributed by atoms with E-state index in [2.05, 4.69) is 31.2 Å². The van der Waals surface area contributed by atoms with Crippen molar-refractivity contribution in [2.24, 2.45) is 0 Å². The van der Waals surface area contributed by atoms with Crippen LogP contribution in [0.15, 0.2) is 47.5 Å². The van der Waals surface area contributed by atoms with Gasteiger partial charge in [-0.25, -0.2) is 9.97 Å². The number of nitrogens with one attached hydrogen (secondary N) is 1. The predicted molar refractivity (Wildman–Crippen MR) is 64.1 cm³/mol. The maximum absolute atomic E-state index is 11.8. The number of para-hydroxylation sites is 1. The van der Waals surface area contributed by atoms with E-state index in [1.807, 2.05) is 24.3 Å². The Bertz CT molecular complexity index is 502. The van der Waals surface area contributed by atoms with Crippen molar-refractivity contribution in [3.8, 4) is 0 Å². The van der Waals surface area contributed by atoms with Gasteiger partial charge in [0.25, 0.3) is 5.91 Å². The molecule has 0 unspecified atom stereocenters. The van der Waals surface area contributed by atoms with Crippen LogP contribution in [0.4, 0.5) is 5.69 Å². The maximum Gasteiger partial charge on any atom is 0.258 e. The van der Waals surface area contributed by atoms with Gasteiger partial charge in [-0.15, -0.1) is 0 Å². The van der Waals surface area contributed by atoms with Gasteiger partial charge in [-0.05, 0) is 28.1 Å². The highest BCUT2D eigenvalue weighted by Crippen LogP contribution is 2.21. The minimum Gasteiger partial charge on any atom is -0.321 e. The van der Waals surface area contributed by atoms with Crippen molar-refractivity contribution in [2.45, 2.75) is 0 Å². The molecule has 5 heteroatoms. The number of anilines is 1. The molecule has 2 aromatic rings. The Labute approximate surface area is 101 Å². The second-order valence-corrected chi connectivity index (χ2v) is 3.92. The van der Waals surface area contributed by atoms with Crippen LogP contribution in [0.5, 0.6) is 0 Å². The van der Waals surface area contributed by atoms with Crippen LogP contribution in [0, 0.1) is 0 Å². The zero-order valence-electron chi connectivity index (χ0n) is 8.22. The van der Waals surface area contributed by atoms with E-state index in [9.17, 15) is 4.79 Å². The van der Waals surface area contributed by atoms with Crippen LogP contribution in [0.25, 0.3) is 0 Å². The molecule has 0 atom stereocenters. The number of rotatable bonds is 2. The molecule has 1 aromatic carbocycles. The number of carbonyl (C=O) groups excluding carboxylic acids is 1. The number of benzene rings is 1. The van der Waals surface area contributed by atoms with Crippen molar-refractivity contribution >= 4 is 27.5 Å². The monoisotopic (exact) mass is 277 g/mol. The fraction of sp³-hybridized carbons (Fsp3) is 0. The van der Waals surface area contributed by atoms with Crippen LogP contribution < -0.4 is 5.32 Å². The van der Waals surface area contributed by atoms with E-state index in [0.29, 0.717) is 5.56 Å². The number of amides is 1. The molecule has 0 saturated carbocycles. The lowest BCUT2D eigenvalue weighted by atomic mass is 10.3. The molecule has 16 heavy (non-hydrogen) atoms. The topological polar surface area (TPSA) is 54.9 Å². The second-order valence-electron chi connectivity index (χ2n) is 3.06. The van der Waals surface area contributed by atoms with Gasteiger partial charge in [0.15, 0.2) is 0 Å². The summed E-state index contributed by atoms with van der Waals surface area (Å²) in [4.78, 5) is 19.3. The first-order chi connectivity index (χ1) is 7.77. The summed E-state index contributed by atoms with van der Waals surface area (Å²) in [6, 6.07) is 7.40. The minimum atomic E-state index is -0.229. The molecule has 0 bridgehead atoms. The predicted octanol–water partition coefficient (Wildman–Crippen LogP) is 2.49. The summed E-state index contributed by atoms with van der Waals surface area (Å²) in [6.45, 7) is 0. The summed E-state index contributed by atoms with van der Waals surface area (Å²) < 4.78 is 0.834. The van der Waals surface area contributed by atoms with E-state index in [1.54, 1.807) is 0 Å². The Morgan fingerprint density at radius 3 is 2.56 bits per heavy atom. The summed E-state index contributed by atoms with van der Waals surface area (Å²) in [7, 11) is 0. The molecular formula is C11H8BrN3O. The van der Waals surface area contributed by atoms with Gasteiger partial charge < -0.3 is 5.32 Å². The molecule has 0 aliphatic heterocycles. The zero-order chi connectivity index (χ0) is 11.4. The first-order valence-electron chi connectivity index (χ1n) is 4.58. The third-order valence-electron chi connectivity index (χ3n) is 1.94. The van der Waals surface area contributed by atoms with Gasteiger partial charge >= 0.3 is 0 Å². The molecule has 4 nitrogen and oxygen atoms in total. The van der Waals surface area contributed by atoms with Crippen LogP contribution in [-0.4, -0.2) is 15.9 Å². The van der Waals surface area contributed by atoms with Crippen LogP contribution >= 0.6 is 15.9 Å².